The number of hydrogen-bond donors (Lipinski definition) is 1. The van der Waals surface area contributed by atoms with Crippen LogP contribution in [-0.4, -0.2) is 44.8 Å². The lowest BCUT2D eigenvalue weighted by Crippen LogP contribution is -2.50. The molecule has 3 aromatic rings. The first kappa shape index (κ1) is 27.8. The number of nitrogens with one attached hydrogen (secondary N) is 1. The summed E-state index contributed by atoms with van der Waals surface area (Å²) in [6.07, 6.45) is 0. The predicted octanol–water partition coefficient (Wildman–Crippen LogP) is 5.01. The van der Waals surface area contributed by atoms with Gasteiger partial charge in [0.25, 0.3) is 10.0 Å². The number of likely N-dealkylation sites (N-methyl/N-ethyl adjacent to an activating group) is 1. The monoisotopic (exact) mass is 567 g/mol. The van der Waals surface area contributed by atoms with E-state index in [1.165, 1.54) is 36.2 Å². The number of sulfonamides is 1. The average Bonchev–Trinajstić information content (AvgIpc) is 2.87. The molecule has 1 N–H and O–H groups in total. The van der Waals surface area contributed by atoms with Crippen LogP contribution in [0.4, 0.5) is 5.69 Å². The van der Waals surface area contributed by atoms with Crippen LogP contribution in [-0.2, 0) is 26.2 Å². The number of nitrogens with zero attached hydrogens (tertiary/aromatic N) is 2. The minimum absolute atomic E-state index is 0.00639. The zero-order valence-electron chi connectivity index (χ0n) is 19.5. The van der Waals surface area contributed by atoms with Gasteiger partial charge in [-0.05, 0) is 48.9 Å². The summed E-state index contributed by atoms with van der Waals surface area (Å²) >= 11 is 18.5. The second-order valence-electron chi connectivity index (χ2n) is 7.84. The summed E-state index contributed by atoms with van der Waals surface area (Å²) in [5.41, 5.74) is 0.752. The van der Waals surface area contributed by atoms with Gasteiger partial charge in [-0.15, -0.1) is 0 Å². The molecule has 1 atom stereocenters. The lowest BCUT2D eigenvalue weighted by atomic mass is 10.1. The molecule has 0 saturated heterocycles. The first-order valence-corrected chi connectivity index (χ1v) is 13.4. The number of halogens is 3. The standard InChI is InChI=1S/C25H24Cl3N3O4S/c1-17(25(33)29-2)30(15-18-12-13-20(26)22(28)14-18)24(32)16-31(23-11-7-6-10-21(23)27)36(34,35)19-8-4-3-5-9-19/h3-14,17H,15-16H2,1-2H3,(H,29,33)/t17-/m0/s1. The number of rotatable bonds is 9. The van der Waals surface area contributed by atoms with Gasteiger partial charge in [0.15, 0.2) is 0 Å². The van der Waals surface area contributed by atoms with Crippen molar-refractivity contribution in [3.8, 4) is 0 Å². The van der Waals surface area contributed by atoms with Gasteiger partial charge in [0.2, 0.25) is 11.8 Å². The molecule has 0 radical (unpaired) electrons. The van der Waals surface area contributed by atoms with Crippen molar-refractivity contribution in [2.24, 2.45) is 0 Å². The summed E-state index contributed by atoms with van der Waals surface area (Å²) in [5, 5.41) is 3.31. The molecule has 3 rings (SSSR count). The molecular weight excluding hydrogens is 545 g/mol. The molecule has 2 amide bonds. The molecule has 3 aromatic carbocycles. The van der Waals surface area contributed by atoms with Crippen LogP contribution < -0.4 is 9.62 Å². The van der Waals surface area contributed by atoms with Crippen LogP contribution in [0.1, 0.15) is 12.5 Å². The van der Waals surface area contributed by atoms with Crippen LogP contribution >= 0.6 is 34.8 Å². The minimum Gasteiger partial charge on any atom is -0.357 e. The Morgan fingerprint density at radius 3 is 2.14 bits per heavy atom. The number of benzene rings is 3. The number of para-hydroxylation sites is 1. The first-order valence-electron chi connectivity index (χ1n) is 10.8. The Morgan fingerprint density at radius 2 is 1.53 bits per heavy atom. The minimum atomic E-state index is -4.18. The van der Waals surface area contributed by atoms with Crippen LogP contribution in [0, 0.1) is 0 Å². The van der Waals surface area contributed by atoms with Gasteiger partial charge < -0.3 is 10.2 Å². The van der Waals surface area contributed by atoms with E-state index < -0.39 is 34.4 Å². The number of anilines is 1. The Hall–Kier alpha value is -2.78. The lowest BCUT2D eigenvalue weighted by molar-refractivity contribution is -0.139. The van der Waals surface area contributed by atoms with E-state index in [0.717, 1.165) is 4.31 Å². The average molecular weight is 569 g/mol. The van der Waals surface area contributed by atoms with E-state index in [0.29, 0.717) is 15.6 Å². The van der Waals surface area contributed by atoms with E-state index in [4.69, 9.17) is 34.8 Å². The van der Waals surface area contributed by atoms with Crippen molar-refractivity contribution in [1.82, 2.24) is 10.2 Å². The summed E-state index contributed by atoms with van der Waals surface area (Å²) in [4.78, 5) is 27.4. The number of hydrogen-bond acceptors (Lipinski definition) is 4. The molecule has 0 heterocycles. The Bertz CT molecular complexity index is 1350. The second kappa shape index (κ2) is 12.0. The normalized spacial score (nSPS) is 12.0. The third-order valence-corrected chi connectivity index (χ3v) is 8.31. The zero-order valence-corrected chi connectivity index (χ0v) is 22.6. The number of carbonyl (C=O) groups is 2. The second-order valence-corrected chi connectivity index (χ2v) is 10.9. The highest BCUT2D eigenvalue weighted by atomic mass is 35.5. The Kier molecular flexibility index (Phi) is 9.24. The maximum atomic E-state index is 13.7. The van der Waals surface area contributed by atoms with Gasteiger partial charge in [0, 0.05) is 13.6 Å². The topological polar surface area (TPSA) is 86.8 Å². The predicted molar refractivity (Wildman–Crippen MR) is 143 cm³/mol. The maximum Gasteiger partial charge on any atom is 0.264 e. The molecule has 7 nitrogen and oxygen atoms in total. The molecule has 0 fully saturated rings. The van der Waals surface area contributed by atoms with E-state index >= 15 is 0 Å². The SMILES string of the molecule is CNC(=O)[C@H](C)N(Cc1ccc(Cl)c(Cl)c1)C(=O)CN(c1ccccc1Cl)S(=O)(=O)c1ccccc1. The fourth-order valence-corrected chi connectivity index (χ4v) is 5.58. The van der Waals surface area contributed by atoms with Crippen molar-refractivity contribution in [3.05, 3.63) is 93.4 Å². The molecule has 0 aromatic heterocycles. The smallest absolute Gasteiger partial charge is 0.264 e. The molecular formula is C25H24Cl3N3O4S. The van der Waals surface area contributed by atoms with Gasteiger partial charge in [-0.1, -0.05) is 71.2 Å². The highest BCUT2D eigenvalue weighted by molar-refractivity contribution is 7.92. The third-order valence-electron chi connectivity index (χ3n) is 5.48. The van der Waals surface area contributed by atoms with E-state index in [1.807, 2.05) is 0 Å². The van der Waals surface area contributed by atoms with Crippen LogP contribution in [0.25, 0.3) is 0 Å². The Labute approximate surface area is 225 Å². The Balaban J connectivity index is 2.04. The highest BCUT2D eigenvalue weighted by Crippen LogP contribution is 2.31. The van der Waals surface area contributed by atoms with Crippen LogP contribution in [0.2, 0.25) is 15.1 Å². The molecule has 0 saturated carbocycles. The molecule has 11 heteroatoms. The quantitative estimate of drug-likeness (QED) is 0.393. The molecule has 0 aliphatic rings. The summed E-state index contributed by atoms with van der Waals surface area (Å²) < 4.78 is 28.2. The molecule has 0 spiro atoms. The first-order chi connectivity index (χ1) is 17.1. The zero-order chi connectivity index (χ0) is 26.5. The molecule has 0 aliphatic heterocycles. The summed E-state index contributed by atoms with van der Waals surface area (Å²) in [6.45, 7) is 0.954. The van der Waals surface area contributed by atoms with E-state index in [-0.39, 0.29) is 22.2 Å². The van der Waals surface area contributed by atoms with Crippen molar-refractivity contribution < 1.29 is 18.0 Å². The van der Waals surface area contributed by atoms with Crippen molar-refractivity contribution in [2.75, 3.05) is 17.9 Å². The van der Waals surface area contributed by atoms with E-state index in [9.17, 15) is 18.0 Å². The van der Waals surface area contributed by atoms with Gasteiger partial charge in [0.05, 0.1) is 25.7 Å². The van der Waals surface area contributed by atoms with Gasteiger partial charge in [-0.2, -0.15) is 0 Å². The maximum absolute atomic E-state index is 13.7. The van der Waals surface area contributed by atoms with E-state index in [2.05, 4.69) is 5.32 Å². The molecule has 0 unspecified atom stereocenters. The number of carbonyl (C=O) groups excluding carboxylic acids is 2. The molecule has 0 bridgehead atoms. The van der Waals surface area contributed by atoms with Crippen molar-refractivity contribution >= 4 is 62.3 Å². The van der Waals surface area contributed by atoms with Gasteiger partial charge in [0.1, 0.15) is 12.6 Å². The van der Waals surface area contributed by atoms with Crippen LogP contribution in [0.15, 0.2) is 77.7 Å². The van der Waals surface area contributed by atoms with E-state index in [1.54, 1.807) is 55.5 Å². The van der Waals surface area contributed by atoms with Crippen LogP contribution in [0.3, 0.4) is 0 Å². The summed E-state index contributed by atoms with van der Waals surface area (Å²) in [6, 6.07) is 18.0. The highest BCUT2D eigenvalue weighted by Gasteiger charge is 2.33. The van der Waals surface area contributed by atoms with Crippen LogP contribution in [0.5, 0.6) is 0 Å². The molecule has 36 heavy (non-hydrogen) atoms. The largest absolute Gasteiger partial charge is 0.357 e. The van der Waals surface area contributed by atoms with Crippen molar-refractivity contribution in [3.63, 3.8) is 0 Å². The summed E-state index contributed by atoms with van der Waals surface area (Å²) in [7, 11) is -2.72. The fraction of sp³-hybridized carbons (Fsp3) is 0.200. The molecule has 190 valence electrons. The van der Waals surface area contributed by atoms with Gasteiger partial charge >= 0.3 is 0 Å². The van der Waals surface area contributed by atoms with Gasteiger partial charge in [-0.3, -0.25) is 13.9 Å². The third kappa shape index (κ3) is 6.31. The molecule has 0 aliphatic carbocycles. The summed E-state index contributed by atoms with van der Waals surface area (Å²) in [5.74, 6) is -1.03. The lowest BCUT2D eigenvalue weighted by Gasteiger charge is -2.32. The van der Waals surface area contributed by atoms with Gasteiger partial charge in [-0.25, -0.2) is 8.42 Å². The number of amides is 2. The van der Waals surface area contributed by atoms with Crippen molar-refractivity contribution in [2.45, 2.75) is 24.4 Å². The Morgan fingerprint density at radius 1 is 0.889 bits per heavy atom. The van der Waals surface area contributed by atoms with Crippen molar-refractivity contribution in [1.29, 1.82) is 0 Å². The fourth-order valence-electron chi connectivity index (χ4n) is 3.51.